The van der Waals surface area contributed by atoms with E-state index < -0.39 is 6.09 Å². The number of amides is 1. The number of carbonyl (C=O) groups excluding carboxylic acids is 1. The highest BCUT2D eigenvalue weighted by molar-refractivity contribution is 14.0. The summed E-state index contributed by atoms with van der Waals surface area (Å²) >= 11 is 0. The van der Waals surface area contributed by atoms with Gasteiger partial charge in [-0.1, -0.05) is 12.1 Å². The summed E-state index contributed by atoms with van der Waals surface area (Å²) in [4.78, 5) is 15.8. The summed E-state index contributed by atoms with van der Waals surface area (Å²) in [6.07, 6.45) is 1.16. The predicted octanol–water partition coefficient (Wildman–Crippen LogP) is 2.33. The third kappa shape index (κ3) is 7.80. The zero-order valence-corrected chi connectivity index (χ0v) is 18.8. The van der Waals surface area contributed by atoms with Gasteiger partial charge in [0.15, 0.2) is 5.96 Å². The van der Waals surface area contributed by atoms with Gasteiger partial charge < -0.3 is 25.2 Å². The molecule has 1 aliphatic heterocycles. The number of aliphatic hydroxyl groups excluding tert-OH is 1. The molecule has 2 rings (SSSR count). The van der Waals surface area contributed by atoms with Crippen molar-refractivity contribution >= 4 is 41.7 Å². The van der Waals surface area contributed by atoms with Crippen molar-refractivity contribution in [2.45, 2.75) is 26.3 Å². The van der Waals surface area contributed by atoms with E-state index in [-0.39, 0.29) is 36.0 Å². The fraction of sp³-hybridized carbons (Fsp3) is 0.579. The molecule has 8 nitrogen and oxygen atoms in total. The number of hydrogen-bond acceptors (Lipinski definition) is 5. The zero-order chi connectivity index (χ0) is 19.5. The van der Waals surface area contributed by atoms with Gasteiger partial charge >= 0.3 is 6.09 Å². The lowest BCUT2D eigenvalue weighted by Crippen LogP contribution is -2.44. The molecule has 1 aliphatic rings. The molecule has 1 atom stereocenters. The van der Waals surface area contributed by atoms with Crippen LogP contribution in [0.25, 0.3) is 0 Å². The Morgan fingerprint density at radius 2 is 2.07 bits per heavy atom. The molecule has 0 spiro atoms. The van der Waals surface area contributed by atoms with Crippen molar-refractivity contribution in [3.63, 3.8) is 0 Å². The van der Waals surface area contributed by atoms with Crippen LogP contribution in [0.1, 0.15) is 25.3 Å². The van der Waals surface area contributed by atoms with E-state index in [9.17, 15) is 9.90 Å². The van der Waals surface area contributed by atoms with Crippen molar-refractivity contribution in [3.8, 4) is 0 Å². The van der Waals surface area contributed by atoms with Gasteiger partial charge in [0.2, 0.25) is 0 Å². The standard InChI is InChI=1S/C19H30N4O4.HI/c1-3-20-17(22-13-19(8-10-24)9-11-27-14-19)21-12-15-4-6-16(7-5-15)23-18(25)26-2;/h4-7,24H,3,8-14H2,1-2H3,(H,23,25)(H2,20,21,22);1H. The Morgan fingerprint density at radius 3 is 2.64 bits per heavy atom. The first kappa shape index (κ1) is 24.4. The second-order valence-electron chi connectivity index (χ2n) is 6.64. The lowest BCUT2D eigenvalue weighted by Gasteiger charge is -2.27. The van der Waals surface area contributed by atoms with E-state index >= 15 is 0 Å². The number of anilines is 1. The first-order valence-electron chi connectivity index (χ1n) is 9.25. The average molecular weight is 506 g/mol. The van der Waals surface area contributed by atoms with Crippen molar-refractivity contribution in [1.29, 1.82) is 0 Å². The van der Waals surface area contributed by atoms with E-state index in [1.165, 1.54) is 7.11 Å². The van der Waals surface area contributed by atoms with E-state index in [4.69, 9.17) is 4.74 Å². The number of methoxy groups -OCH3 is 1. The average Bonchev–Trinajstić information content (AvgIpc) is 3.14. The highest BCUT2D eigenvalue weighted by Crippen LogP contribution is 2.31. The van der Waals surface area contributed by atoms with Gasteiger partial charge in [0.05, 0.1) is 20.3 Å². The van der Waals surface area contributed by atoms with Gasteiger partial charge in [-0.2, -0.15) is 0 Å². The number of aliphatic hydroxyl groups is 1. The highest BCUT2D eigenvalue weighted by atomic mass is 127. The highest BCUT2D eigenvalue weighted by Gasteiger charge is 2.34. The molecule has 1 aromatic rings. The fourth-order valence-electron chi connectivity index (χ4n) is 2.96. The number of nitrogens with zero attached hydrogens (tertiary/aromatic N) is 1. The molecule has 0 radical (unpaired) electrons. The Balaban J connectivity index is 0.00000392. The maximum absolute atomic E-state index is 11.2. The number of nitrogens with one attached hydrogen (secondary N) is 3. The van der Waals surface area contributed by atoms with Gasteiger partial charge in [-0.05, 0) is 37.5 Å². The summed E-state index contributed by atoms with van der Waals surface area (Å²) in [7, 11) is 1.33. The van der Waals surface area contributed by atoms with Crippen LogP contribution in [0.4, 0.5) is 10.5 Å². The topological polar surface area (TPSA) is 104 Å². The summed E-state index contributed by atoms with van der Waals surface area (Å²) < 4.78 is 10.1. The first-order chi connectivity index (χ1) is 13.1. The van der Waals surface area contributed by atoms with E-state index in [1.54, 1.807) is 0 Å². The van der Waals surface area contributed by atoms with Crippen molar-refractivity contribution in [2.75, 3.05) is 45.3 Å². The lowest BCUT2D eigenvalue weighted by atomic mass is 9.84. The Morgan fingerprint density at radius 1 is 1.32 bits per heavy atom. The number of carbonyl (C=O) groups is 1. The first-order valence-corrected chi connectivity index (χ1v) is 9.25. The maximum atomic E-state index is 11.2. The second kappa shape index (κ2) is 12.8. The monoisotopic (exact) mass is 506 g/mol. The van der Waals surface area contributed by atoms with Crippen LogP contribution in [-0.2, 0) is 16.0 Å². The summed E-state index contributed by atoms with van der Waals surface area (Å²) in [5.74, 6) is 0.735. The Kier molecular flexibility index (Phi) is 11.2. The van der Waals surface area contributed by atoms with Crippen molar-refractivity contribution in [1.82, 2.24) is 10.6 Å². The fourth-order valence-corrected chi connectivity index (χ4v) is 2.96. The summed E-state index contributed by atoms with van der Waals surface area (Å²) in [6, 6.07) is 7.45. The van der Waals surface area contributed by atoms with Crippen LogP contribution in [0.3, 0.4) is 0 Å². The normalized spacial score (nSPS) is 18.9. The molecule has 9 heteroatoms. The minimum Gasteiger partial charge on any atom is -0.453 e. The zero-order valence-electron chi connectivity index (χ0n) is 16.5. The van der Waals surface area contributed by atoms with Gasteiger partial charge in [0, 0.05) is 37.4 Å². The third-order valence-corrected chi connectivity index (χ3v) is 4.61. The summed E-state index contributed by atoms with van der Waals surface area (Å²) in [5.41, 5.74) is 1.66. The Hall–Kier alpha value is -1.59. The molecular formula is C19H31IN4O4. The molecule has 4 N–H and O–H groups in total. The van der Waals surface area contributed by atoms with Crippen molar-refractivity contribution in [3.05, 3.63) is 29.8 Å². The maximum Gasteiger partial charge on any atom is 0.411 e. The van der Waals surface area contributed by atoms with E-state index in [0.717, 1.165) is 31.1 Å². The van der Waals surface area contributed by atoms with Gasteiger partial charge in [0.25, 0.3) is 0 Å². The quantitative estimate of drug-likeness (QED) is 0.245. The van der Waals surface area contributed by atoms with Crippen LogP contribution >= 0.6 is 24.0 Å². The van der Waals surface area contributed by atoms with Gasteiger partial charge in [-0.3, -0.25) is 5.32 Å². The predicted molar refractivity (Wildman–Crippen MR) is 120 cm³/mol. The molecule has 1 unspecified atom stereocenters. The SMILES string of the molecule is CCNC(=NCc1ccc(NC(=O)OC)cc1)NCC1(CCO)CCOC1.I. The molecule has 158 valence electrons. The van der Waals surface area contributed by atoms with Gasteiger partial charge in [-0.25, -0.2) is 9.79 Å². The Bertz CT molecular complexity index is 619. The molecule has 1 saturated heterocycles. The van der Waals surface area contributed by atoms with Crippen LogP contribution in [-0.4, -0.2) is 57.2 Å². The molecule has 28 heavy (non-hydrogen) atoms. The Labute approximate surface area is 183 Å². The smallest absolute Gasteiger partial charge is 0.411 e. The van der Waals surface area contributed by atoms with Crippen LogP contribution < -0.4 is 16.0 Å². The molecule has 0 aliphatic carbocycles. The van der Waals surface area contributed by atoms with Crippen LogP contribution in [0.5, 0.6) is 0 Å². The molecule has 1 aromatic carbocycles. The van der Waals surface area contributed by atoms with Gasteiger partial charge in [0.1, 0.15) is 0 Å². The summed E-state index contributed by atoms with van der Waals surface area (Å²) in [6.45, 7) is 5.56. The van der Waals surface area contributed by atoms with E-state index in [2.05, 4.69) is 25.7 Å². The molecule has 0 aromatic heterocycles. The van der Waals surface area contributed by atoms with Crippen LogP contribution in [0.2, 0.25) is 0 Å². The number of halogens is 1. The second-order valence-corrected chi connectivity index (χ2v) is 6.64. The molecule has 0 bridgehead atoms. The molecule has 1 fully saturated rings. The number of guanidine groups is 1. The molecule has 1 heterocycles. The number of hydrogen-bond donors (Lipinski definition) is 4. The largest absolute Gasteiger partial charge is 0.453 e. The van der Waals surface area contributed by atoms with E-state index in [1.807, 2.05) is 31.2 Å². The number of aliphatic imine (C=N–C) groups is 1. The number of rotatable bonds is 8. The van der Waals surface area contributed by atoms with Crippen LogP contribution in [0.15, 0.2) is 29.3 Å². The van der Waals surface area contributed by atoms with Gasteiger partial charge in [-0.15, -0.1) is 24.0 Å². The molecule has 0 saturated carbocycles. The van der Waals surface area contributed by atoms with Crippen molar-refractivity contribution in [2.24, 2.45) is 10.4 Å². The minimum atomic E-state index is -0.493. The molecule has 1 amide bonds. The number of benzene rings is 1. The number of ether oxygens (including phenoxy) is 2. The van der Waals surface area contributed by atoms with Crippen LogP contribution in [0, 0.1) is 5.41 Å². The lowest BCUT2D eigenvalue weighted by molar-refractivity contribution is 0.127. The van der Waals surface area contributed by atoms with Crippen molar-refractivity contribution < 1.29 is 19.4 Å². The third-order valence-electron chi connectivity index (χ3n) is 4.61. The molecular weight excluding hydrogens is 475 g/mol. The minimum absolute atomic E-state index is 0. The van der Waals surface area contributed by atoms with E-state index in [0.29, 0.717) is 31.8 Å². The summed E-state index contributed by atoms with van der Waals surface area (Å²) in [5, 5.41) is 18.6.